The molecule has 1 aromatic heterocycles. The number of aliphatic hydroxyl groups is 6. The summed E-state index contributed by atoms with van der Waals surface area (Å²) < 4.78 is 38.7. The van der Waals surface area contributed by atoms with Gasteiger partial charge >= 0.3 is 0 Å². The van der Waals surface area contributed by atoms with Crippen molar-refractivity contribution in [2.24, 2.45) is 0 Å². The Morgan fingerprint density at radius 1 is 0.810 bits per heavy atom. The van der Waals surface area contributed by atoms with Crippen LogP contribution in [-0.4, -0.2) is 105 Å². The standard InChI is InChI=1S/C28H30O14/c1-11-20(29)23(32)25(34)27(40-11)37-9-19-22(31)24(33)26(35)28(42-19)41-13-3-4-14-17(7-13)36-8-15(21(14)30)12-2-5-16-18(6-12)39-10-38-16/h2-8,11,19-20,22-29,31-35H,9-10H2,1H3/t11-,19+,20-,22+,23+,24-,25+,26+,27?,28+/m0/s1. The van der Waals surface area contributed by atoms with Gasteiger partial charge in [-0.3, -0.25) is 4.79 Å². The number of aliphatic hydroxyl groups excluding tert-OH is 6. The number of hydrogen-bond donors (Lipinski definition) is 6. The Hall–Kier alpha value is -3.31. The molecule has 10 atom stereocenters. The van der Waals surface area contributed by atoms with E-state index in [0.717, 1.165) is 0 Å². The van der Waals surface area contributed by atoms with E-state index in [4.69, 9.17) is 32.8 Å². The molecule has 14 heteroatoms. The van der Waals surface area contributed by atoms with Gasteiger partial charge in [-0.2, -0.15) is 0 Å². The maximum Gasteiger partial charge on any atom is 0.231 e. The third kappa shape index (κ3) is 5.21. The summed E-state index contributed by atoms with van der Waals surface area (Å²) in [5.41, 5.74) is 0.779. The molecule has 0 aliphatic carbocycles. The summed E-state index contributed by atoms with van der Waals surface area (Å²) in [5.74, 6) is 1.23. The zero-order chi connectivity index (χ0) is 29.7. The lowest BCUT2D eigenvalue weighted by Crippen LogP contribution is -2.61. The Balaban J connectivity index is 1.16. The molecule has 0 radical (unpaired) electrons. The molecule has 2 aromatic carbocycles. The van der Waals surface area contributed by atoms with E-state index in [9.17, 15) is 35.4 Å². The van der Waals surface area contributed by atoms with Crippen molar-refractivity contribution in [1.29, 1.82) is 0 Å². The lowest BCUT2D eigenvalue weighted by atomic mass is 9.98. The first-order valence-corrected chi connectivity index (χ1v) is 13.3. The van der Waals surface area contributed by atoms with Gasteiger partial charge in [0.15, 0.2) is 23.2 Å². The zero-order valence-electron chi connectivity index (χ0n) is 22.2. The van der Waals surface area contributed by atoms with Crippen LogP contribution in [0.1, 0.15) is 6.92 Å². The van der Waals surface area contributed by atoms with Gasteiger partial charge in [0.05, 0.1) is 23.7 Å². The van der Waals surface area contributed by atoms with Gasteiger partial charge in [-0.25, -0.2) is 0 Å². The molecule has 3 aromatic rings. The van der Waals surface area contributed by atoms with Crippen molar-refractivity contribution < 1.29 is 63.5 Å². The highest BCUT2D eigenvalue weighted by molar-refractivity contribution is 5.83. The van der Waals surface area contributed by atoms with E-state index < -0.39 is 68.0 Å². The van der Waals surface area contributed by atoms with Gasteiger partial charge in [-0.1, -0.05) is 6.07 Å². The quantitative estimate of drug-likeness (QED) is 0.208. The van der Waals surface area contributed by atoms with E-state index in [2.05, 4.69) is 0 Å². The molecule has 226 valence electrons. The van der Waals surface area contributed by atoms with Crippen LogP contribution in [0, 0.1) is 0 Å². The highest BCUT2D eigenvalue weighted by Gasteiger charge is 2.47. The van der Waals surface area contributed by atoms with Gasteiger partial charge in [0.1, 0.15) is 60.3 Å². The van der Waals surface area contributed by atoms with Crippen molar-refractivity contribution in [3.8, 4) is 28.4 Å². The first-order chi connectivity index (χ1) is 20.1. The van der Waals surface area contributed by atoms with Gasteiger partial charge in [-0.05, 0) is 36.8 Å². The molecule has 6 N–H and O–H groups in total. The third-order valence-electron chi connectivity index (χ3n) is 7.58. The maximum atomic E-state index is 13.2. The van der Waals surface area contributed by atoms with Crippen molar-refractivity contribution in [2.75, 3.05) is 13.4 Å². The summed E-state index contributed by atoms with van der Waals surface area (Å²) in [6.07, 6.45) is -13.0. The van der Waals surface area contributed by atoms with E-state index in [0.29, 0.717) is 22.6 Å². The molecule has 14 nitrogen and oxygen atoms in total. The van der Waals surface area contributed by atoms with E-state index >= 15 is 0 Å². The zero-order valence-corrected chi connectivity index (χ0v) is 22.2. The van der Waals surface area contributed by atoms with Gasteiger partial charge in [0.2, 0.25) is 13.1 Å². The number of hydrogen-bond acceptors (Lipinski definition) is 14. The van der Waals surface area contributed by atoms with Crippen LogP contribution in [0.4, 0.5) is 0 Å². The van der Waals surface area contributed by atoms with Crippen LogP contribution in [0.15, 0.2) is 51.9 Å². The van der Waals surface area contributed by atoms with Crippen LogP contribution in [0.3, 0.4) is 0 Å². The van der Waals surface area contributed by atoms with Crippen LogP contribution in [0.2, 0.25) is 0 Å². The number of rotatable bonds is 6. The SMILES string of the molecule is C[C@@H]1OC(OC[C@H]2O[C@@H](Oc3ccc4c(=O)c(-c5ccc6c(c5)OCO6)coc4c3)[C@H](O)[C@@H](O)[C@@H]2O)[C@H](O)[C@H](O)[C@H]1O. The molecule has 4 heterocycles. The molecule has 0 spiro atoms. The number of fused-ring (bicyclic) bond motifs is 2. The van der Waals surface area contributed by atoms with Gasteiger partial charge in [0, 0.05) is 6.07 Å². The van der Waals surface area contributed by atoms with Crippen molar-refractivity contribution in [3.63, 3.8) is 0 Å². The molecule has 2 fully saturated rings. The van der Waals surface area contributed by atoms with E-state index in [1.807, 2.05) is 0 Å². The molecule has 0 amide bonds. The minimum atomic E-state index is -1.69. The Morgan fingerprint density at radius 2 is 1.55 bits per heavy atom. The van der Waals surface area contributed by atoms with E-state index in [1.165, 1.54) is 31.4 Å². The average molecular weight is 591 g/mol. The Labute approximate surface area is 237 Å². The summed E-state index contributed by atoms with van der Waals surface area (Å²) >= 11 is 0. The molecule has 2 saturated heterocycles. The molecular formula is C28H30O14. The van der Waals surface area contributed by atoms with E-state index in [-0.39, 0.29) is 28.9 Å². The molecule has 42 heavy (non-hydrogen) atoms. The second kappa shape index (κ2) is 11.4. The highest BCUT2D eigenvalue weighted by Crippen LogP contribution is 2.36. The molecular weight excluding hydrogens is 560 g/mol. The van der Waals surface area contributed by atoms with Gasteiger partial charge < -0.3 is 63.5 Å². The molecule has 0 saturated carbocycles. The Kier molecular flexibility index (Phi) is 7.82. The van der Waals surface area contributed by atoms with Crippen molar-refractivity contribution in [1.82, 2.24) is 0 Å². The molecule has 3 aliphatic heterocycles. The summed E-state index contributed by atoms with van der Waals surface area (Å²) in [6.45, 7) is 1.15. The monoisotopic (exact) mass is 590 g/mol. The largest absolute Gasteiger partial charge is 0.463 e. The fourth-order valence-corrected chi connectivity index (χ4v) is 5.07. The molecule has 1 unspecified atom stereocenters. The fraction of sp³-hybridized carbons (Fsp3) is 0.464. The average Bonchev–Trinajstić information content (AvgIpc) is 3.46. The first kappa shape index (κ1) is 28.8. The summed E-state index contributed by atoms with van der Waals surface area (Å²) in [5, 5.41) is 61.7. The van der Waals surface area contributed by atoms with Crippen LogP contribution in [-0.2, 0) is 14.2 Å². The Bertz CT molecular complexity index is 1490. The lowest BCUT2D eigenvalue weighted by molar-refractivity contribution is -0.318. The minimum absolute atomic E-state index is 0.101. The third-order valence-corrected chi connectivity index (χ3v) is 7.58. The number of benzene rings is 2. The number of ether oxygens (including phenoxy) is 6. The highest BCUT2D eigenvalue weighted by atomic mass is 16.7. The molecule has 0 bridgehead atoms. The molecule has 3 aliphatic rings. The lowest BCUT2D eigenvalue weighted by Gasteiger charge is -2.42. The van der Waals surface area contributed by atoms with Crippen molar-refractivity contribution in [3.05, 3.63) is 52.9 Å². The predicted molar refractivity (Wildman–Crippen MR) is 140 cm³/mol. The van der Waals surface area contributed by atoms with Crippen LogP contribution >= 0.6 is 0 Å². The summed E-state index contributed by atoms with van der Waals surface area (Å²) in [6, 6.07) is 9.47. The normalized spacial score (nSPS) is 34.5. The summed E-state index contributed by atoms with van der Waals surface area (Å²) in [7, 11) is 0. The van der Waals surface area contributed by atoms with Crippen LogP contribution < -0.4 is 19.6 Å². The van der Waals surface area contributed by atoms with Crippen molar-refractivity contribution in [2.45, 2.75) is 68.3 Å². The fourth-order valence-electron chi connectivity index (χ4n) is 5.07. The van der Waals surface area contributed by atoms with Gasteiger partial charge in [0.25, 0.3) is 0 Å². The van der Waals surface area contributed by atoms with Gasteiger partial charge in [-0.15, -0.1) is 0 Å². The molecule has 6 rings (SSSR count). The first-order valence-electron chi connectivity index (χ1n) is 13.3. The Morgan fingerprint density at radius 3 is 2.36 bits per heavy atom. The predicted octanol–water partition coefficient (Wildman–Crippen LogP) is -0.781. The topological polar surface area (TPSA) is 207 Å². The van der Waals surface area contributed by atoms with E-state index in [1.54, 1.807) is 18.2 Å². The van der Waals surface area contributed by atoms with Crippen LogP contribution in [0.5, 0.6) is 17.2 Å². The maximum absolute atomic E-state index is 13.2. The second-order valence-corrected chi connectivity index (χ2v) is 10.4. The van der Waals surface area contributed by atoms with Crippen LogP contribution in [0.25, 0.3) is 22.1 Å². The van der Waals surface area contributed by atoms with Crippen molar-refractivity contribution >= 4 is 11.0 Å². The summed E-state index contributed by atoms with van der Waals surface area (Å²) in [4.78, 5) is 13.2. The second-order valence-electron chi connectivity index (χ2n) is 10.4. The minimum Gasteiger partial charge on any atom is -0.463 e. The smallest absolute Gasteiger partial charge is 0.231 e.